The van der Waals surface area contributed by atoms with Gasteiger partial charge in [-0.05, 0) is 56.2 Å². The van der Waals surface area contributed by atoms with E-state index in [1.165, 1.54) is 6.42 Å². The fraction of sp³-hybridized carbons (Fsp3) is 0.625. The third kappa shape index (κ3) is 2.94. The largest absolute Gasteiger partial charge is 0.398 e. The average molecular weight is 310 g/mol. The molecule has 1 fully saturated rings. The van der Waals surface area contributed by atoms with Crippen LogP contribution in [0.2, 0.25) is 0 Å². The van der Waals surface area contributed by atoms with E-state index < -0.39 is 10.0 Å². The Balaban J connectivity index is 2.44. The topological polar surface area (TPSA) is 63.4 Å². The Bertz CT molecular complexity index is 634. The molecular weight excluding hydrogens is 284 g/mol. The minimum Gasteiger partial charge on any atom is -0.398 e. The van der Waals surface area contributed by atoms with Crippen LogP contribution in [0.15, 0.2) is 11.0 Å². The van der Waals surface area contributed by atoms with Crippen molar-refractivity contribution in [3.05, 3.63) is 22.8 Å². The van der Waals surface area contributed by atoms with Crippen molar-refractivity contribution in [2.45, 2.75) is 51.9 Å². The predicted molar refractivity (Wildman–Crippen MR) is 86.8 cm³/mol. The second-order valence-corrected chi connectivity index (χ2v) is 8.01. The second-order valence-electron chi connectivity index (χ2n) is 6.13. The lowest BCUT2D eigenvalue weighted by Gasteiger charge is -2.32. The van der Waals surface area contributed by atoms with E-state index in [2.05, 4.69) is 0 Å². The Kier molecular flexibility index (Phi) is 4.63. The van der Waals surface area contributed by atoms with Gasteiger partial charge in [-0.3, -0.25) is 0 Å². The lowest BCUT2D eigenvalue weighted by molar-refractivity contribution is 0.250. The molecule has 0 spiro atoms. The van der Waals surface area contributed by atoms with Gasteiger partial charge in [0.05, 0.1) is 4.90 Å². The molecule has 21 heavy (non-hydrogen) atoms. The molecule has 0 bridgehead atoms. The summed E-state index contributed by atoms with van der Waals surface area (Å²) in [5.41, 5.74) is 9.03. The van der Waals surface area contributed by atoms with Crippen LogP contribution in [0.1, 0.15) is 42.9 Å². The van der Waals surface area contributed by atoms with Crippen LogP contribution in [0.3, 0.4) is 0 Å². The summed E-state index contributed by atoms with van der Waals surface area (Å²) < 4.78 is 27.6. The van der Waals surface area contributed by atoms with Gasteiger partial charge in [-0.2, -0.15) is 4.31 Å². The Morgan fingerprint density at radius 2 is 1.86 bits per heavy atom. The fourth-order valence-corrected chi connectivity index (χ4v) is 5.04. The molecule has 0 amide bonds. The molecule has 0 aliphatic heterocycles. The third-order valence-corrected chi connectivity index (χ3v) is 6.83. The summed E-state index contributed by atoms with van der Waals surface area (Å²) in [6.07, 6.45) is 3.50. The van der Waals surface area contributed by atoms with Gasteiger partial charge in [0, 0.05) is 18.8 Å². The second kappa shape index (κ2) is 5.97. The number of anilines is 1. The highest BCUT2D eigenvalue weighted by Gasteiger charge is 2.31. The first-order valence-corrected chi connectivity index (χ1v) is 9.09. The number of nitrogens with zero attached hydrogens (tertiary/aromatic N) is 1. The summed E-state index contributed by atoms with van der Waals surface area (Å²) in [5.74, 6) is 0.517. The molecule has 5 heteroatoms. The first kappa shape index (κ1) is 16.3. The van der Waals surface area contributed by atoms with Gasteiger partial charge in [0.2, 0.25) is 10.0 Å². The van der Waals surface area contributed by atoms with Gasteiger partial charge >= 0.3 is 0 Å². The van der Waals surface area contributed by atoms with E-state index in [9.17, 15) is 8.42 Å². The Morgan fingerprint density at radius 1 is 1.24 bits per heavy atom. The van der Waals surface area contributed by atoms with Gasteiger partial charge in [-0.1, -0.05) is 19.4 Å². The number of nitrogen functional groups attached to an aromatic ring is 1. The van der Waals surface area contributed by atoms with Crippen molar-refractivity contribution in [2.75, 3.05) is 18.8 Å². The van der Waals surface area contributed by atoms with Gasteiger partial charge in [-0.15, -0.1) is 0 Å². The molecule has 1 aromatic carbocycles. The van der Waals surface area contributed by atoms with E-state index >= 15 is 0 Å². The molecule has 0 heterocycles. The van der Waals surface area contributed by atoms with E-state index in [0.717, 1.165) is 24.0 Å². The van der Waals surface area contributed by atoms with Gasteiger partial charge < -0.3 is 5.73 Å². The highest BCUT2D eigenvalue weighted by Crippen LogP contribution is 2.33. The normalized spacial score (nSPS) is 16.2. The first-order valence-electron chi connectivity index (χ1n) is 7.65. The van der Waals surface area contributed by atoms with Crippen molar-refractivity contribution in [1.29, 1.82) is 0 Å². The maximum absolute atomic E-state index is 13.0. The molecule has 1 aromatic rings. The van der Waals surface area contributed by atoms with Gasteiger partial charge in [0.1, 0.15) is 0 Å². The third-order valence-electron chi connectivity index (χ3n) is 4.60. The number of nitrogens with two attached hydrogens (primary N) is 1. The molecule has 0 unspecified atom stereocenters. The number of benzene rings is 1. The number of hydrogen-bond acceptors (Lipinski definition) is 3. The van der Waals surface area contributed by atoms with Crippen molar-refractivity contribution in [2.24, 2.45) is 5.92 Å². The van der Waals surface area contributed by atoms with Crippen LogP contribution in [0.4, 0.5) is 5.69 Å². The maximum atomic E-state index is 13.0. The molecule has 2 rings (SSSR count). The number of sulfonamides is 1. The molecule has 1 aliphatic carbocycles. The van der Waals surface area contributed by atoms with E-state index in [-0.39, 0.29) is 0 Å². The number of hydrogen-bond donors (Lipinski definition) is 1. The van der Waals surface area contributed by atoms with E-state index in [4.69, 9.17) is 5.73 Å². The maximum Gasteiger partial charge on any atom is 0.243 e. The highest BCUT2D eigenvalue weighted by molar-refractivity contribution is 7.89. The summed E-state index contributed by atoms with van der Waals surface area (Å²) in [4.78, 5) is 0.395. The van der Waals surface area contributed by atoms with E-state index in [0.29, 0.717) is 35.2 Å². The van der Waals surface area contributed by atoms with Crippen LogP contribution in [0.5, 0.6) is 0 Å². The van der Waals surface area contributed by atoms with Crippen molar-refractivity contribution >= 4 is 15.7 Å². The molecule has 0 saturated heterocycles. The van der Waals surface area contributed by atoms with E-state index in [1.54, 1.807) is 11.2 Å². The Morgan fingerprint density at radius 3 is 2.33 bits per heavy atom. The predicted octanol–water partition coefficient (Wildman–Crippen LogP) is 3.00. The Labute approximate surface area is 128 Å². The van der Waals surface area contributed by atoms with Crippen molar-refractivity contribution < 1.29 is 8.42 Å². The SMILES string of the molecule is CCN(CC1CCC1)S(=O)(=O)c1c(C)cc(C)c(N)c1C. The molecule has 0 radical (unpaired) electrons. The lowest BCUT2D eigenvalue weighted by Crippen LogP contribution is -2.38. The molecule has 2 N–H and O–H groups in total. The molecule has 1 aliphatic rings. The highest BCUT2D eigenvalue weighted by atomic mass is 32.2. The standard InChI is InChI=1S/C16H26N2O2S/c1-5-18(10-14-7-6-8-14)21(19,20)16-12(3)9-11(2)15(17)13(16)4/h9,14H,5-8,10,17H2,1-4H3. The van der Waals surface area contributed by atoms with Crippen LogP contribution in [-0.2, 0) is 10.0 Å². The lowest BCUT2D eigenvalue weighted by atomic mass is 9.85. The van der Waals surface area contributed by atoms with Gasteiger partial charge in [-0.25, -0.2) is 8.42 Å². The zero-order valence-corrected chi connectivity index (χ0v) is 14.3. The van der Waals surface area contributed by atoms with Crippen LogP contribution < -0.4 is 5.73 Å². The van der Waals surface area contributed by atoms with Crippen molar-refractivity contribution in [3.63, 3.8) is 0 Å². The molecule has 4 nitrogen and oxygen atoms in total. The summed E-state index contributed by atoms with van der Waals surface area (Å²) in [7, 11) is -3.47. The van der Waals surface area contributed by atoms with Gasteiger partial charge in [0.25, 0.3) is 0 Å². The molecule has 0 atom stereocenters. The van der Waals surface area contributed by atoms with Crippen LogP contribution in [0.25, 0.3) is 0 Å². The first-order chi connectivity index (χ1) is 9.78. The van der Waals surface area contributed by atoms with Crippen molar-refractivity contribution in [1.82, 2.24) is 4.31 Å². The smallest absolute Gasteiger partial charge is 0.243 e. The zero-order valence-electron chi connectivity index (χ0n) is 13.4. The van der Waals surface area contributed by atoms with Crippen LogP contribution in [-0.4, -0.2) is 25.8 Å². The van der Waals surface area contributed by atoms with Crippen LogP contribution in [0, 0.1) is 26.7 Å². The molecular formula is C16H26N2O2S. The number of aryl methyl sites for hydroxylation is 2. The summed E-state index contributed by atoms with van der Waals surface area (Å²) in [6, 6.07) is 1.87. The summed E-state index contributed by atoms with van der Waals surface area (Å²) in [5, 5.41) is 0. The summed E-state index contributed by atoms with van der Waals surface area (Å²) in [6.45, 7) is 8.61. The minimum absolute atomic E-state index is 0.395. The quantitative estimate of drug-likeness (QED) is 0.850. The minimum atomic E-state index is -3.47. The molecule has 0 aromatic heterocycles. The molecule has 1 saturated carbocycles. The average Bonchev–Trinajstić information content (AvgIpc) is 2.34. The Hall–Kier alpha value is -1.07. The van der Waals surface area contributed by atoms with Gasteiger partial charge in [0.15, 0.2) is 0 Å². The number of rotatable bonds is 5. The summed E-state index contributed by atoms with van der Waals surface area (Å²) >= 11 is 0. The van der Waals surface area contributed by atoms with E-state index in [1.807, 2.05) is 26.8 Å². The van der Waals surface area contributed by atoms with Crippen molar-refractivity contribution in [3.8, 4) is 0 Å². The molecule has 118 valence electrons. The fourth-order valence-electron chi connectivity index (χ4n) is 3.07. The van der Waals surface area contributed by atoms with Crippen LogP contribution >= 0.6 is 0 Å². The zero-order chi connectivity index (χ0) is 15.8. The monoisotopic (exact) mass is 310 g/mol.